The molecule has 14 heavy (non-hydrogen) atoms. The van der Waals surface area contributed by atoms with E-state index in [1.54, 1.807) is 19.2 Å². The first kappa shape index (κ1) is 10.7. The topological polar surface area (TPSA) is 21.3 Å². The number of nitrogens with one attached hydrogen (secondary N) is 1. The van der Waals surface area contributed by atoms with Gasteiger partial charge in [-0.05, 0) is 24.4 Å². The van der Waals surface area contributed by atoms with Crippen LogP contribution in [0.4, 0.5) is 4.39 Å². The third-order valence-corrected chi connectivity index (χ3v) is 1.85. The molecule has 1 aromatic carbocycles. The highest BCUT2D eigenvalue weighted by Crippen LogP contribution is 2.14. The largest absolute Gasteiger partial charge is 0.432 e. The van der Waals surface area contributed by atoms with Gasteiger partial charge in [0, 0.05) is 12.6 Å². The molecule has 0 aliphatic heterocycles. The van der Waals surface area contributed by atoms with Crippen molar-refractivity contribution in [2.75, 3.05) is 7.05 Å². The van der Waals surface area contributed by atoms with Crippen molar-refractivity contribution in [3.8, 4) is 0 Å². The van der Waals surface area contributed by atoms with E-state index in [0.717, 1.165) is 0 Å². The average molecular weight is 211 g/mol. The Morgan fingerprint density at radius 1 is 1.57 bits per heavy atom. The van der Waals surface area contributed by atoms with Crippen LogP contribution in [0.15, 0.2) is 30.8 Å². The monoisotopic (exact) mass is 211 g/mol. The summed E-state index contributed by atoms with van der Waals surface area (Å²) in [5.41, 5.74) is 0.572. The predicted molar refractivity (Wildman–Crippen MR) is 58.2 cm³/mol. The Labute approximate surface area is 87.4 Å². The Morgan fingerprint density at radius 3 is 2.86 bits per heavy atom. The lowest BCUT2D eigenvalue weighted by atomic mass is 10.2. The zero-order chi connectivity index (χ0) is 10.6. The summed E-state index contributed by atoms with van der Waals surface area (Å²) in [6.45, 7) is 3.64. The standard InChI is InChI=1S/C10H10FNOS/c1-7(13-10(14)12-2)8-4-3-5-9(11)6-8/h3-6H,1H2,2H3,(H,12,14). The highest BCUT2D eigenvalue weighted by molar-refractivity contribution is 7.80. The van der Waals surface area contributed by atoms with Crippen LogP contribution in [-0.2, 0) is 4.74 Å². The molecule has 0 spiro atoms. The molecule has 0 saturated carbocycles. The van der Waals surface area contributed by atoms with E-state index in [2.05, 4.69) is 11.9 Å². The van der Waals surface area contributed by atoms with Gasteiger partial charge >= 0.3 is 0 Å². The van der Waals surface area contributed by atoms with Crippen molar-refractivity contribution in [1.82, 2.24) is 5.32 Å². The summed E-state index contributed by atoms with van der Waals surface area (Å²) < 4.78 is 17.9. The van der Waals surface area contributed by atoms with E-state index in [1.807, 2.05) is 0 Å². The van der Waals surface area contributed by atoms with E-state index in [9.17, 15) is 4.39 Å². The van der Waals surface area contributed by atoms with Crippen LogP contribution in [-0.4, -0.2) is 12.2 Å². The third kappa shape index (κ3) is 2.81. The Balaban J connectivity index is 2.75. The maximum atomic E-state index is 12.8. The van der Waals surface area contributed by atoms with Crippen LogP contribution in [0.25, 0.3) is 5.76 Å². The van der Waals surface area contributed by atoms with Gasteiger partial charge in [-0.25, -0.2) is 4.39 Å². The minimum absolute atomic E-state index is 0.208. The Bertz CT molecular complexity index is 365. The first-order chi connectivity index (χ1) is 6.63. The van der Waals surface area contributed by atoms with Crippen LogP contribution in [0.1, 0.15) is 5.56 Å². The molecule has 74 valence electrons. The number of hydrogen-bond donors (Lipinski definition) is 1. The summed E-state index contributed by atoms with van der Waals surface area (Å²) in [5, 5.41) is 2.84. The quantitative estimate of drug-likeness (QED) is 0.599. The lowest BCUT2D eigenvalue weighted by molar-refractivity contribution is 0.500. The second-order valence-electron chi connectivity index (χ2n) is 2.57. The van der Waals surface area contributed by atoms with Gasteiger partial charge in [0.2, 0.25) is 0 Å². The smallest absolute Gasteiger partial charge is 0.261 e. The van der Waals surface area contributed by atoms with Gasteiger partial charge < -0.3 is 10.1 Å². The molecular formula is C10H10FNOS. The molecule has 4 heteroatoms. The van der Waals surface area contributed by atoms with Gasteiger partial charge in [0.15, 0.2) is 0 Å². The van der Waals surface area contributed by atoms with E-state index in [0.29, 0.717) is 11.3 Å². The molecule has 0 unspecified atom stereocenters. The van der Waals surface area contributed by atoms with Crippen molar-refractivity contribution < 1.29 is 9.13 Å². The molecule has 1 rings (SSSR count). The van der Waals surface area contributed by atoms with Gasteiger partial charge in [-0.1, -0.05) is 18.7 Å². The van der Waals surface area contributed by atoms with Gasteiger partial charge in [0.25, 0.3) is 5.17 Å². The molecule has 0 fully saturated rings. The van der Waals surface area contributed by atoms with E-state index < -0.39 is 0 Å². The van der Waals surface area contributed by atoms with Crippen LogP contribution in [0.3, 0.4) is 0 Å². The van der Waals surface area contributed by atoms with Crippen molar-refractivity contribution in [2.24, 2.45) is 0 Å². The number of thiocarbonyl (C=S) groups is 1. The van der Waals surface area contributed by atoms with Crippen molar-refractivity contribution in [3.63, 3.8) is 0 Å². The van der Waals surface area contributed by atoms with E-state index in [4.69, 9.17) is 17.0 Å². The number of ether oxygens (including phenoxy) is 1. The van der Waals surface area contributed by atoms with E-state index >= 15 is 0 Å². The summed E-state index contributed by atoms with van der Waals surface area (Å²) in [4.78, 5) is 0. The first-order valence-electron chi connectivity index (χ1n) is 3.98. The predicted octanol–water partition coefficient (Wildman–Crippen LogP) is 2.32. The van der Waals surface area contributed by atoms with Crippen molar-refractivity contribution in [3.05, 3.63) is 42.2 Å². The zero-order valence-corrected chi connectivity index (χ0v) is 8.53. The maximum absolute atomic E-state index is 12.8. The SMILES string of the molecule is C=C(OC(=S)NC)c1cccc(F)c1. The number of rotatable bonds is 2. The van der Waals surface area contributed by atoms with Crippen LogP contribution >= 0.6 is 12.2 Å². The molecule has 0 aromatic heterocycles. The summed E-state index contributed by atoms with van der Waals surface area (Å²) in [5.74, 6) is -0.00789. The summed E-state index contributed by atoms with van der Waals surface area (Å²) in [6.07, 6.45) is 0. The lowest BCUT2D eigenvalue weighted by Gasteiger charge is -2.08. The number of hydrogen-bond acceptors (Lipinski definition) is 2. The molecule has 0 amide bonds. The summed E-state index contributed by atoms with van der Waals surface area (Å²) in [6, 6.07) is 5.97. The molecule has 0 bridgehead atoms. The fourth-order valence-corrected chi connectivity index (χ4v) is 0.984. The third-order valence-electron chi connectivity index (χ3n) is 1.57. The maximum Gasteiger partial charge on any atom is 0.261 e. The van der Waals surface area contributed by atoms with Crippen LogP contribution in [0, 0.1) is 5.82 Å². The minimum atomic E-state index is -0.331. The highest BCUT2D eigenvalue weighted by Gasteiger charge is 2.03. The fourth-order valence-electron chi connectivity index (χ4n) is 0.884. The second-order valence-corrected chi connectivity index (χ2v) is 2.94. The van der Waals surface area contributed by atoms with Crippen molar-refractivity contribution >= 4 is 23.2 Å². The Hall–Kier alpha value is -1.42. The molecule has 0 atom stereocenters. The van der Waals surface area contributed by atoms with Crippen molar-refractivity contribution in [2.45, 2.75) is 0 Å². The van der Waals surface area contributed by atoms with Gasteiger partial charge in [-0.15, -0.1) is 0 Å². The van der Waals surface area contributed by atoms with Gasteiger partial charge in [0.1, 0.15) is 11.6 Å². The molecule has 0 heterocycles. The Morgan fingerprint density at radius 2 is 2.29 bits per heavy atom. The van der Waals surface area contributed by atoms with Gasteiger partial charge in [-0.3, -0.25) is 0 Å². The Kier molecular flexibility index (Phi) is 3.59. The highest BCUT2D eigenvalue weighted by atomic mass is 32.1. The fraction of sp³-hybridized carbons (Fsp3) is 0.100. The van der Waals surface area contributed by atoms with Gasteiger partial charge in [-0.2, -0.15) is 0 Å². The van der Waals surface area contributed by atoms with Crippen molar-refractivity contribution in [1.29, 1.82) is 0 Å². The summed E-state index contributed by atoms with van der Waals surface area (Å²) >= 11 is 4.78. The zero-order valence-electron chi connectivity index (χ0n) is 7.71. The minimum Gasteiger partial charge on any atom is -0.432 e. The molecule has 2 nitrogen and oxygen atoms in total. The number of benzene rings is 1. The molecule has 0 radical (unpaired) electrons. The normalized spacial score (nSPS) is 9.29. The number of halogens is 1. The van der Waals surface area contributed by atoms with Crippen LogP contribution < -0.4 is 5.32 Å². The molecule has 0 aliphatic carbocycles. The average Bonchev–Trinajstić information content (AvgIpc) is 2.17. The lowest BCUT2D eigenvalue weighted by Crippen LogP contribution is -2.17. The van der Waals surface area contributed by atoms with E-state index in [1.165, 1.54) is 12.1 Å². The van der Waals surface area contributed by atoms with Gasteiger partial charge in [0.05, 0.1) is 0 Å². The van der Waals surface area contributed by atoms with Crippen LogP contribution in [0.2, 0.25) is 0 Å². The first-order valence-corrected chi connectivity index (χ1v) is 4.38. The molecule has 0 saturated heterocycles. The van der Waals surface area contributed by atoms with Crippen LogP contribution in [0.5, 0.6) is 0 Å². The van der Waals surface area contributed by atoms with E-state index in [-0.39, 0.29) is 11.0 Å². The molecule has 1 aromatic rings. The molecular weight excluding hydrogens is 201 g/mol. The summed E-state index contributed by atoms with van der Waals surface area (Å²) in [7, 11) is 1.64. The second kappa shape index (κ2) is 4.72. The molecule has 1 N–H and O–H groups in total. The molecule has 0 aliphatic rings.